The van der Waals surface area contributed by atoms with Gasteiger partial charge in [0, 0.05) is 42.8 Å². The molecule has 26 heavy (non-hydrogen) atoms. The molecule has 1 N–H and O–H groups in total. The van der Waals surface area contributed by atoms with E-state index < -0.39 is 5.60 Å². The first-order chi connectivity index (χ1) is 12.6. The van der Waals surface area contributed by atoms with Gasteiger partial charge in [0.2, 0.25) is 0 Å². The van der Waals surface area contributed by atoms with Crippen molar-refractivity contribution in [3.63, 3.8) is 0 Å². The number of anilines is 1. The average Bonchev–Trinajstić information content (AvgIpc) is 2.69. The van der Waals surface area contributed by atoms with Crippen LogP contribution < -0.4 is 4.90 Å². The number of pyridine rings is 1. The first-order valence-corrected chi connectivity index (χ1v) is 8.93. The van der Waals surface area contributed by atoms with Gasteiger partial charge in [-0.1, -0.05) is 30.3 Å². The van der Waals surface area contributed by atoms with Gasteiger partial charge in [0.1, 0.15) is 5.82 Å². The third kappa shape index (κ3) is 3.30. The van der Waals surface area contributed by atoms with E-state index in [0.717, 1.165) is 35.7 Å². The van der Waals surface area contributed by atoms with Crippen LogP contribution in [0.1, 0.15) is 24.1 Å². The fourth-order valence-corrected chi connectivity index (χ4v) is 3.48. The second-order valence-electron chi connectivity index (χ2n) is 6.82. The lowest BCUT2D eigenvalue weighted by atomic mass is 9.84. The Morgan fingerprint density at radius 2 is 1.77 bits per heavy atom. The Balaban J connectivity index is 1.56. The minimum atomic E-state index is -0.758. The highest BCUT2D eigenvalue weighted by molar-refractivity contribution is 5.57. The summed E-state index contributed by atoms with van der Waals surface area (Å²) in [5.41, 5.74) is 2.08. The van der Waals surface area contributed by atoms with Gasteiger partial charge < -0.3 is 10.0 Å². The summed E-state index contributed by atoms with van der Waals surface area (Å²) in [5, 5.41) is 11.0. The highest BCUT2D eigenvalue weighted by Gasteiger charge is 2.34. The zero-order valence-electron chi connectivity index (χ0n) is 14.8. The predicted octanol–water partition coefficient (Wildman–Crippen LogP) is 3.34. The molecule has 0 bridgehead atoms. The Hall–Kier alpha value is -2.79. The van der Waals surface area contributed by atoms with Crippen LogP contribution in [0.15, 0.2) is 60.9 Å². The Morgan fingerprint density at radius 1 is 1.00 bits per heavy atom. The van der Waals surface area contributed by atoms with Crippen molar-refractivity contribution < 1.29 is 5.11 Å². The van der Waals surface area contributed by atoms with Crippen molar-refractivity contribution in [3.8, 4) is 11.4 Å². The van der Waals surface area contributed by atoms with Gasteiger partial charge in [0.25, 0.3) is 0 Å². The van der Waals surface area contributed by atoms with Crippen LogP contribution in [-0.2, 0) is 5.60 Å². The van der Waals surface area contributed by atoms with Crippen molar-refractivity contribution in [1.82, 2.24) is 15.0 Å². The molecule has 1 aliphatic rings. The van der Waals surface area contributed by atoms with Crippen LogP contribution in [0.5, 0.6) is 0 Å². The van der Waals surface area contributed by atoms with Crippen LogP contribution >= 0.6 is 0 Å². The molecule has 0 radical (unpaired) electrons. The van der Waals surface area contributed by atoms with Crippen LogP contribution in [0.25, 0.3) is 11.4 Å². The number of hydrogen-bond acceptors (Lipinski definition) is 5. The lowest BCUT2D eigenvalue weighted by Crippen LogP contribution is -2.43. The average molecular weight is 346 g/mol. The zero-order valence-corrected chi connectivity index (χ0v) is 14.8. The maximum Gasteiger partial charge on any atom is 0.163 e. The largest absolute Gasteiger partial charge is 0.385 e. The van der Waals surface area contributed by atoms with Gasteiger partial charge in [0.05, 0.1) is 5.60 Å². The lowest BCUT2D eigenvalue weighted by Gasteiger charge is -2.39. The quantitative estimate of drug-likeness (QED) is 0.788. The highest BCUT2D eigenvalue weighted by Crippen LogP contribution is 2.34. The number of piperidine rings is 1. The molecule has 0 atom stereocenters. The van der Waals surface area contributed by atoms with E-state index in [1.165, 1.54) is 0 Å². The maximum atomic E-state index is 11.0. The molecule has 1 aliphatic heterocycles. The smallest absolute Gasteiger partial charge is 0.163 e. The number of nitrogens with zero attached hydrogens (tertiary/aromatic N) is 4. The Labute approximate surface area is 153 Å². The van der Waals surface area contributed by atoms with Crippen molar-refractivity contribution in [1.29, 1.82) is 0 Å². The highest BCUT2D eigenvalue weighted by atomic mass is 16.3. The number of aryl methyl sites for hydroxylation is 1. The molecule has 0 unspecified atom stereocenters. The molecule has 132 valence electrons. The van der Waals surface area contributed by atoms with Gasteiger partial charge in [0.15, 0.2) is 5.82 Å². The van der Waals surface area contributed by atoms with Crippen LogP contribution in [0.4, 0.5) is 5.82 Å². The molecular formula is C21H22N4O. The summed E-state index contributed by atoms with van der Waals surface area (Å²) in [6, 6.07) is 15.8. The Morgan fingerprint density at radius 3 is 2.46 bits per heavy atom. The predicted molar refractivity (Wildman–Crippen MR) is 102 cm³/mol. The molecule has 4 rings (SSSR count). The second-order valence-corrected chi connectivity index (χ2v) is 6.82. The van der Waals surface area contributed by atoms with Gasteiger partial charge in [-0.2, -0.15) is 0 Å². The lowest BCUT2D eigenvalue weighted by molar-refractivity contribution is 0.0116. The summed E-state index contributed by atoms with van der Waals surface area (Å²) in [6.45, 7) is 3.50. The number of rotatable bonds is 3. The van der Waals surface area contributed by atoms with E-state index in [0.29, 0.717) is 18.7 Å². The first kappa shape index (κ1) is 16.7. The van der Waals surface area contributed by atoms with Crippen LogP contribution in [-0.4, -0.2) is 33.1 Å². The molecule has 5 nitrogen and oxygen atoms in total. The molecule has 2 aromatic heterocycles. The van der Waals surface area contributed by atoms with Gasteiger partial charge in [-0.3, -0.25) is 4.98 Å². The molecule has 0 aliphatic carbocycles. The van der Waals surface area contributed by atoms with Crippen molar-refractivity contribution in [2.45, 2.75) is 25.4 Å². The van der Waals surface area contributed by atoms with E-state index in [4.69, 9.17) is 4.98 Å². The Kier molecular flexibility index (Phi) is 4.39. The molecule has 3 aromatic rings. The molecule has 0 saturated carbocycles. The topological polar surface area (TPSA) is 62.1 Å². The van der Waals surface area contributed by atoms with E-state index in [1.54, 1.807) is 12.4 Å². The molecule has 5 heteroatoms. The minimum absolute atomic E-state index is 0.683. The zero-order chi connectivity index (χ0) is 18.0. The summed E-state index contributed by atoms with van der Waals surface area (Å²) in [4.78, 5) is 15.7. The summed E-state index contributed by atoms with van der Waals surface area (Å²) in [6.07, 6.45) is 4.89. The fourth-order valence-electron chi connectivity index (χ4n) is 3.48. The molecular weight excluding hydrogens is 324 g/mol. The third-order valence-corrected chi connectivity index (χ3v) is 4.99. The van der Waals surface area contributed by atoms with Crippen molar-refractivity contribution >= 4 is 5.82 Å². The SMILES string of the molecule is Cc1cc(N2CCC(O)(c3ccccc3)CC2)nc(-c2cccnc2)n1. The molecule has 1 saturated heterocycles. The number of hydrogen-bond donors (Lipinski definition) is 1. The van der Waals surface area contributed by atoms with Crippen LogP contribution in [0, 0.1) is 6.92 Å². The van der Waals surface area contributed by atoms with Crippen molar-refractivity contribution in [3.05, 3.63) is 72.2 Å². The molecule has 3 heterocycles. The number of aliphatic hydroxyl groups is 1. The Bertz CT molecular complexity index is 875. The fraction of sp³-hybridized carbons (Fsp3) is 0.286. The molecule has 1 fully saturated rings. The monoisotopic (exact) mass is 346 g/mol. The molecule has 0 spiro atoms. The van der Waals surface area contributed by atoms with Crippen LogP contribution in [0.3, 0.4) is 0 Å². The normalized spacial score (nSPS) is 16.5. The van der Waals surface area contributed by atoms with Gasteiger partial charge >= 0.3 is 0 Å². The third-order valence-electron chi connectivity index (χ3n) is 4.99. The minimum Gasteiger partial charge on any atom is -0.385 e. The second kappa shape index (κ2) is 6.84. The summed E-state index contributed by atoms with van der Waals surface area (Å²) < 4.78 is 0. The van der Waals surface area contributed by atoms with Gasteiger partial charge in [-0.05, 0) is 37.5 Å². The van der Waals surface area contributed by atoms with E-state index in [-0.39, 0.29) is 0 Å². The van der Waals surface area contributed by atoms with E-state index in [2.05, 4.69) is 14.9 Å². The summed E-state index contributed by atoms with van der Waals surface area (Å²) in [5.74, 6) is 1.60. The van der Waals surface area contributed by atoms with E-state index in [1.807, 2.05) is 55.5 Å². The number of aromatic nitrogens is 3. The maximum absolute atomic E-state index is 11.0. The van der Waals surface area contributed by atoms with Gasteiger partial charge in [-0.15, -0.1) is 0 Å². The number of benzene rings is 1. The molecule has 0 amide bonds. The van der Waals surface area contributed by atoms with Crippen LogP contribution in [0.2, 0.25) is 0 Å². The van der Waals surface area contributed by atoms with Gasteiger partial charge in [-0.25, -0.2) is 9.97 Å². The van der Waals surface area contributed by atoms with Crippen molar-refractivity contribution in [2.24, 2.45) is 0 Å². The standard InChI is InChI=1S/C21H22N4O/c1-16-14-19(24-20(23-16)17-6-5-11-22-15-17)25-12-9-21(26,10-13-25)18-7-3-2-4-8-18/h2-8,11,14-15,26H,9-10,12-13H2,1H3. The summed E-state index contributed by atoms with van der Waals surface area (Å²) in [7, 11) is 0. The van der Waals surface area contributed by atoms with E-state index >= 15 is 0 Å². The summed E-state index contributed by atoms with van der Waals surface area (Å²) >= 11 is 0. The molecule has 1 aromatic carbocycles. The van der Waals surface area contributed by atoms with E-state index in [9.17, 15) is 5.11 Å². The van der Waals surface area contributed by atoms with Crippen molar-refractivity contribution in [2.75, 3.05) is 18.0 Å². The first-order valence-electron chi connectivity index (χ1n) is 8.93.